The van der Waals surface area contributed by atoms with E-state index in [0.29, 0.717) is 31.7 Å². The fourth-order valence-electron chi connectivity index (χ4n) is 3.00. The third-order valence-corrected chi connectivity index (χ3v) is 4.68. The summed E-state index contributed by atoms with van der Waals surface area (Å²) in [6.07, 6.45) is 0.843. The molecular formula is C20H20F3N3O3. The summed E-state index contributed by atoms with van der Waals surface area (Å²) in [5, 5.41) is 0. The molecule has 6 nitrogen and oxygen atoms in total. The molecule has 0 spiro atoms. The lowest BCUT2D eigenvalue weighted by atomic mass is 9.96. The molecule has 0 atom stereocenters. The van der Waals surface area contributed by atoms with Crippen LogP contribution in [0.15, 0.2) is 42.5 Å². The van der Waals surface area contributed by atoms with E-state index < -0.39 is 29.3 Å². The normalized spacial score (nSPS) is 14.4. The van der Waals surface area contributed by atoms with Crippen molar-refractivity contribution in [3.63, 3.8) is 0 Å². The number of hydrazine groups is 1. The summed E-state index contributed by atoms with van der Waals surface area (Å²) >= 11 is 0. The molecule has 2 N–H and O–H groups in total. The number of carbonyl (C=O) groups excluding carboxylic acids is 2. The van der Waals surface area contributed by atoms with Crippen LogP contribution in [0.2, 0.25) is 0 Å². The van der Waals surface area contributed by atoms with Crippen molar-refractivity contribution in [2.45, 2.75) is 12.8 Å². The van der Waals surface area contributed by atoms with E-state index in [2.05, 4.69) is 10.9 Å². The molecular weight excluding hydrogens is 387 g/mol. The largest absolute Gasteiger partial charge is 0.484 e. The monoisotopic (exact) mass is 407 g/mol. The average molecular weight is 407 g/mol. The van der Waals surface area contributed by atoms with Gasteiger partial charge in [-0.3, -0.25) is 20.4 Å². The number of nitrogens with zero attached hydrogens (tertiary/aromatic N) is 1. The third-order valence-electron chi connectivity index (χ3n) is 4.68. The van der Waals surface area contributed by atoms with Gasteiger partial charge >= 0.3 is 0 Å². The quantitative estimate of drug-likeness (QED) is 0.571. The van der Waals surface area contributed by atoms with Gasteiger partial charge in [0.25, 0.3) is 5.91 Å². The summed E-state index contributed by atoms with van der Waals surface area (Å²) in [5.41, 5.74) is 4.20. The number of carbonyl (C=O) groups is 2. The number of amides is 2. The summed E-state index contributed by atoms with van der Waals surface area (Å²) in [6, 6.07) is 10.7. The van der Waals surface area contributed by atoms with Gasteiger partial charge in [-0.05, 0) is 37.1 Å². The Bertz CT molecular complexity index is 872. The molecule has 29 heavy (non-hydrogen) atoms. The Hall–Kier alpha value is -3.23. The minimum absolute atomic E-state index is 0.0855. The molecule has 1 aliphatic rings. The Balaban J connectivity index is 1.43. The van der Waals surface area contributed by atoms with Crippen molar-refractivity contribution < 1.29 is 27.5 Å². The number of piperidine rings is 1. The van der Waals surface area contributed by atoms with E-state index in [1.807, 2.05) is 18.2 Å². The third kappa shape index (κ3) is 5.18. The van der Waals surface area contributed by atoms with Gasteiger partial charge < -0.3 is 9.64 Å². The van der Waals surface area contributed by atoms with Gasteiger partial charge in [-0.15, -0.1) is 0 Å². The maximum atomic E-state index is 13.6. The first-order chi connectivity index (χ1) is 14.0. The summed E-state index contributed by atoms with van der Waals surface area (Å²) in [4.78, 5) is 26.1. The zero-order valence-electron chi connectivity index (χ0n) is 15.5. The van der Waals surface area contributed by atoms with Crippen molar-refractivity contribution in [2.24, 2.45) is 5.92 Å². The Morgan fingerprint density at radius 3 is 2.38 bits per heavy atom. The fourth-order valence-corrected chi connectivity index (χ4v) is 3.00. The molecule has 0 saturated carbocycles. The second-order valence-electron chi connectivity index (χ2n) is 6.59. The van der Waals surface area contributed by atoms with Crippen molar-refractivity contribution in [1.82, 2.24) is 10.3 Å². The van der Waals surface area contributed by atoms with Crippen molar-refractivity contribution in [3.8, 4) is 5.75 Å². The number of likely N-dealkylation sites (tertiary alicyclic amines) is 1. The lowest BCUT2D eigenvalue weighted by molar-refractivity contribution is -0.137. The molecule has 1 saturated heterocycles. The average Bonchev–Trinajstić information content (AvgIpc) is 2.76. The second-order valence-corrected chi connectivity index (χ2v) is 6.59. The second kappa shape index (κ2) is 9.31. The van der Waals surface area contributed by atoms with Crippen LogP contribution in [0.1, 0.15) is 12.8 Å². The number of benzene rings is 2. The van der Waals surface area contributed by atoms with Gasteiger partial charge in [-0.2, -0.15) is 0 Å². The number of para-hydroxylation sites is 1. The van der Waals surface area contributed by atoms with Crippen LogP contribution in [-0.2, 0) is 9.59 Å². The Kier molecular flexibility index (Phi) is 6.58. The van der Waals surface area contributed by atoms with Gasteiger partial charge in [0.1, 0.15) is 5.75 Å². The molecule has 2 aromatic rings. The van der Waals surface area contributed by atoms with E-state index in [1.165, 1.54) is 0 Å². The molecule has 1 aliphatic heterocycles. The van der Waals surface area contributed by atoms with E-state index in [9.17, 15) is 22.8 Å². The molecule has 0 aliphatic carbocycles. The summed E-state index contributed by atoms with van der Waals surface area (Å²) < 4.78 is 45.2. The van der Waals surface area contributed by atoms with Crippen LogP contribution in [0.5, 0.6) is 5.75 Å². The molecule has 0 radical (unpaired) electrons. The number of hydrogen-bond donors (Lipinski definition) is 2. The molecule has 154 valence electrons. The fraction of sp³-hybridized carbons (Fsp3) is 0.300. The van der Waals surface area contributed by atoms with Crippen molar-refractivity contribution >= 4 is 17.5 Å². The summed E-state index contributed by atoms with van der Waals surface area (Å²) in [5.74, 6) is -4.72. The Labute approximate surface area is 165 Å². The van der Waals surface area contributed by atoms with E-state index in [-0.39, 0.29) is 18.2 Å². The highest BCUT2D eigenvalue weighted by molar-refractivity contribution is 5.81. The SMILES string of the molecule is O=C(NNc1ccc(F)c(F)c1F)C1CCN(C(=O)COc2ccccc2)CC1. The molecule has 1 fully saturated rings. The smallest absolute Gasteiger partial charge is 0.260 e. The highest BCUT2D eigenvalue weighted by atomic mass is 19.2. The number of halogens is 3. The number of nitrogens with one attached hydrogen (secondary N) is 2. The van der Waals surface area contributed by atoms with E-state index in [1.54, 1.807) is 17.0 Å². The van der Waals surface area contributed by atoms with E-state index >= 15 is 0 Å². The zero-order valence-corrected chi connectivity index (χ0v) is 15.5. The first kappa shape index (κ1) is 20.5. The van der Waals surface area contributed by atoms with Crippen LogP contribution in [0.4, 0.5) is 18.9 Å². The van der Waals surface area contributed by atoms with Crippen LogP contribution in [0.25, 0.3) is 0 Å². The van der Waals surface area contributed by atoms with Crippen LogP contribution in [-0.4, -0.2) is 36.4 Å². The molecule has 9 heteroatoms. The molecule has 2 amide bonds. The van der Waals surface area contributed by atoms with Crippen LogP contribution in [0.3, 0.4) is 0 Å². The topological polar surface area (TPSA) is 70.7 Å². The predicted octanol–water partition coefficient (Wildman–Crippen LogP) is 2.86. The van der Waals surface area contributed by atoms with E-state index in [4.69, 9.17) is 4.74 Å². The first-order valence-electron chi connectivity index (χ1n) is 9.10. The number of anilines is 1. The molecule has 0 unspecified atom stereocenters. The molecule has 0 aromatic heterocycles. The predicted molar refractivity (Wildman–Crippen MR) is 99.3 cm³/mol. The molecule has 3 rings (SSSR count). The van der Waals surface area contributed by atoms with Gasteiger partial charge in [0.15, 0.2) is 24.1 Å². The van der Waals surface area contributed by atoms with Crippen molar-refractivity contribution in [2.75, 3.05) is 25.1 Å². The minimum atomic E-state index is -1.62. The van der Waals surface area contributed by atoms with Crippen LogP contribution in [0, 0.1) is 23.4 Å². The molecule has 1 heterocycles. The standard InChI is InChI=1S/C20H20F3N3O3/c21-15-6-7-16(19(23)18(15)22)24-25-20(28)13-8-10-26(11-9-13)17(27)12-29-14-4-2-1-3-5-14/h1-7,13,24H,8-12H2,(H,25,28). The van der Waals surface area contributed by atoms with Gasteiger partial charge in [0.2, 0.25) is 5.91 Å². The van der Waals surface area contributed by atoms with Gasteiger partial charge in [0.05, 0.1) is 5.69 Å². The van der Waals surface area contributed by atoms with E-state index in [0.717, 1.165) is 12.1 Å². The van der Waals surface area contributed by atoms with Crippen molar-refractivity contribution in [3.05, 3.63) is 59.9 Å². The van der Waals surface area contributed by atoms with Gasteiger partial charge in [-0.25, -0.2) is 13.2 Å². The first-order valence-corrected chi connectivity index (χ1v) is 9.10. The molecule has 2 aromatic carbocycles. The van der Waals surface area contributed by atoms with Gasteiger partial charge in [0, 0.05) is 19.0 Å². The lowest BCUT2D eigenvalue weighted by Gasteiger charge is -2.31. The highest BCUT2D eigenvalue weighted by Crippen LogP contribution is 2.20. The Morgan fingerprint density at radius 2 is 1.69 bits per heavy atom. The van der Waals surface area contributed by atoms with Crippen LogP contribution >= 0.6 is 0 Å². The lowest BCUT2D eigenvalue weighted by Crippen LogP contribution is -2.45. The highest BCUT2D eigenvalue weighted by Gasteiger charge is 2.27. The number of hydrogen-bond acceptors (Lipinski definition) is 4. The minimum Gasteiger partial charge on any atom is -0.484 e. The van der Waals surface area contributed by atoms with Crippen LogP contribution < -0.4 is 15.6 Å². The number of ether oxygens (including phenoxy) is 1. The van der Waals surface area contributed by atoms with Gasteiger partial charge in [-0.1, -0.05) is 18.2 Å². The summed E-state index contributed by atoms with van der Waals surface area (Å²) in [7, 11) is 0. The number of rotatable bonds is 6. The maximum absolute atomic E-state index is 13.6. The van der Waals surface area contributed by atoms with Crippen molar-refractivity contribution in [1.29, 1.82) is 0 Å². The Morgan fingerprint density at radius 1 is 1.00 bits per heavy atom. The maximum Gasteiger partial charge on any atom is 0.260 e. The summed E-state index contributed by atoms with van der Waals surface area (Å²) in [6.45, 7) is 0.682. The zero-order chi connectivity index (χ0) is 20.8. The molecule has 0 bridgehead atoms.